The van der Waals surface area contributed by atoms with Crippen molar-refractivity contribution in [3.63, 3.8) is 0 Å². The summed E-state index contributed by atoms with van der Waals surface area (Å²) in [5, 5.41) is 0. The third-order valence-electron chi connectivity index (χ3n) is 4.14. The van der Waals surface area contributed by atoms with Crippen molar-refractivity contribution in [3.8, 4) is 0 Å². The Bertz CT molecular complexity index is 466. The summed E-state index contributed by atoms with van der Waals surface area (Å²) >= 11 is 0. The third kappa shape index (κ3) is 5.37. The predicted octanol–water partition coefficient (Wildman–Crippen LogP) is 3.67. The molecule has 2 heterocycles. The van der Waals surface area contributed by atoms with Crippen LogP contribution in [0.2, 0.25) is 0 Å². The van der Waals surface area contributed by atoms with E-state index in [9.17, 15) is 0 Å². The van der Waals surface area contributed by atoms with Crippen LogP contribution in [0.1, 0.15) is 56.6 Å². The van der Waals surface area contributed by atoms with Gasteiger partial charge in [0.25, 0.3) is 0 Å². The number of hydrogen-bond donors (Lipinski definition) is 0. The van der Waals surface area contributed by atoms with E-state index in [1.54, 1.807) is 0 Å². The second-order valence-electron chi connectivity index (χ2n) is 5.88. The standard InChI is InChI=1S/C17H28N4/c1-20-14-12-18-16(20)10-8-6-4-3-5-7-9-11-17-19-13-15-21(17)2/h12-15H,3-11H2,1-2H3. The van der Waals surface area contributed by atoms with Gasteiger partial charge < -0.3 is 9.13 Å². The molecule has 0 bridgehead atoms. The van der Waals surface area contributed by atoms with Crippen LogP contribution >= 0.6 is 0 Å². The summed E-state index contributed by atoms with van der Waals surface area (Å²) in [6.07, 6.45) is 19.3. The van der Waals surface area contributed by atoms with Crippen molar-refractivity contribution >= 4 is 0 Å². The Kier molecular flexibility index (Phi) is 6.51. The summed E-state index contributed by atoms with van der Waals surface area (Å²) in [5.74, 6) is 2.43. The fraction of sp³-hybridized carbons (Fsp3) is 0.647. The Morgan fingerprint density at radius 2 is 1.05 bits per heavy atom. The number of aromatic nitrogens is 4. The smallest absolute Gasteiger partial charge is 0.108 e. The van der Waals surface area contributed by atoms with Crippen molar-refractivity contribution in [1.29, 1.82) is 0 Å². The monoisotopic (exact) mass is 288 g/mol. The molecule has 21 heavy (non-hydrogen) atoms. The van der Waals surface area contributed by atoms with Gasteiger partial charge in [-0.3, -0.25) is 0 Å². The molecule has 0 aromatic carbocycles. The Morgan fingerprint density at radius 1 is 0.667 bits per heavy atom. The highest BCUT2D eigenvalue weighted by Gasteiger charge is 2.00. The number of unbranched alkanes of at least 4 members (excludes halogenated alkanes) is 6. The molecule has 0 atom stereocenters. The largest absolute Gasteiger partial charge is 0.338 e. The zero-order valence-corrected chi connectivity index (χ0v) is 13.5. The molecule has 0 saturated heterocycles. The summed E-state index contributed by atoms with van der Waals surface area (Å²) in [4.78, 5) is 8.72. The van der Waals surface area contributed by atoms with E-state index in [0.29, 0.717) is 0 Å². The number of hydrogen-bond acceptors (Lipinski definition) is 2. The highest BCUT2D eigenvalue weighted by Crippen LogP contribution is 2.11. The molecule has 0 fully saturated rings. The van der Waals surface area contributed by atoms with Crippen LogP contribution in [0.5, 0.6) is 0 Å². The van der Waals surface area contributed by atoms with Gasteiger partial charge in [-0.1, -0.05) is 32.1 Å². The molecule has 0 aliphatic carbocycles. The minimum Gasteiger partial charge on any atom is -0.338 e. The van der Waals surface area contributed by atoms with Crippen molar-refractivity contribution in [2.45, 2.75) is 57.8 Å². The molecule has 0 N–H and O–H groups in total. The molecule has 2 aromatic rings. The van der Waals surface area contributed by atoms with Crippen LogP contribution in [0.15, 0.2) is 24.8 Å². The minimum absolute atomic E-state index is 1.11. The zero-order valence-electron chi connectivity index (χ0n) is 13.5. The van der Waals surface area contributed by atoms with Crippen molar-refractivity contribution in [3.05, 3.63) is 36.4 Å². The highest BCUT2D eigenvalue weighted by molar-refractivity contribution is 4.91. The summed E-state index contributed by atoms with van der Waals surface area (Å²) in [6.45, 7) is 0. The molecule has 0 unspecified atom stereocenters. The lowest BCUT2D eigenvalue weighted by atomic mass is 10.1. The Labute approximate surface area is 128 Å². The topological polar surface area (TPSA) is 35.6 Å². The van der Waals surface area contributed by atoms with Gasteiger partial charge in [-0.25, -0.2) is 9.97 Å². The predicted molar refractivity (Wildman–Crippen MR) is 86.1 cm³/mol. The fourth-order valence-electron chi connectivity index (χ4n) is 2.72. The Morgan fingerprint density at radius 3 is 1.38 bits per heavy atom. The van der Waals surface area contributed by atoms with Gasteiger partial charge in [0, 0.05) is 51.7 Å². The van der Waals surface area contributed by atoms with Crippen LogP contribution in [0.4, 0.5) is 0 Å². The summed E-state index contributed by atoms with van der Waals surface area (Å²) < 4.78 is 4.25. The van der Waals surface area contributed by atoms with Crippen LogP contribution < -0.4 is 0 Å². The number of rotatable bonds is 10. The molecule has 4 heteroatoms. The molecular formula is C17H28N4. The maximum absolute atomic E-state index is 4.36. The first-order valence-corrected chi connectivity index (χ1v) is 8.20. The molecule has 0 aliphatic rings. The van der Waals surface area contributed by atoms with Crippen molar-refractivity contribution < 1.29 is 0 Å². The molecule has 4 nitrogen and oxygen atoms in total. The molecule has 116 valence electrons. The molecule has 0 saturated carbocycles. The second kappa shape index (κ2) is 8.65. The van der Waals surface area contributed by atoms with Crippen LogP contribution in [0.3, 0.4) is 0 Å². The van der Waals surface area contributed by atoms with Crippen molar-refractivity contribution in [1.82, 2.24) is 19.1 Å². The van der Waals surface area contributed by atoms with Crippen LogP contribution in [0, 0.1) is 0 Å². The summed E-state index contributed by atoms with van der Waals surface area (Å²) in [7, 11) is 4.15. The summed E-state index contributed by atoms with van der Waals surface area (Å²) in [6, 6.07) is 0. The maximum Gasteiger partial charge on any atom is 0.108 e. The molecule has 0 aliphatic heterocycles. The van der Waals surface area contributed by atoms with E-state index in [0.717, 1.165) is 12.8 Å². The molecule has 0 radical (unpaired) electrons. The van der Waals surface area contributed by atoms with Gasteiger partial charge in [-0.05, 0) is 12.8 Å². The van der Waals surface area contributed by atoms with Crippen LogP contribution in [0.25, 0.3) is 0 Å². The lowest BCUT2D eigenvalue weighted by Gasteiger charge is -2.04. The zero-order chi connectivity index (χ0) is 14.9. The van der Waals surface area contributed by atoms with Crippen LogP contribution in [-0.2, 0) is 26.9 Å². The van der Waals surface area contributed by atoms with Gasteiger partial charge in [0.05, 0.1) is 0 Å². The first-order valence-electron chi connectivity index (χ1n) is 8.20. The number of aryl methyl sites for hydroxylation is 4. The summed E-state index contributed by atoms with van der Waals surface area (Å²) in [5.41, 5.74) is 0. The van der Waals surface area contributed by atoms with Gasteiger partial charge in [0.2, 0.25) is 0 Å². The molecular weight excluding hydrogens is 260 g/mol. The number of imidazole rings is 2. The fourth-order valence-corrected chi connectivity index (χ4v) is 2.72. The third-order valence-corrected chi connectivity index (χ3v) is 4.14. The van der Waals surface area contributed by atoms with Crippen LogP contribution in [-0.4, -0.2) is 19.1 Å². The molecule has 2 aromatic heterocycles. The van der Waals surface area contributed by atoms with Gasteiger partial charge in [-0.15, -0.1) is 0 Å². The van der Waals surface area contributed by atoms with Gasteiger partial charge in [0.1, 0.15) is 11.6 Å². The first kappa shape index (κ1) is 15.8. The normalized spacial score (nSPS) is 11.1. The van der Waals surface area contributed by atoms with E-state index in [4.69, 9.17) is 0 Å². The average Bonchev–Trinajstić information content (AvgIpc) is 3.06. The second-order valence-corrected chi connectivity index (χ2v) is 5.88. The Hall–Kier alpha value is -1.58. The highest BCUT2D eigenvalue weighted by atomic mass is 15.0. The number of nitrogens with zero attached hydrogens (tertiary/aromatic N) is 4. The van der Waals surface area contributed by atoms with Gasteiger partial charge >= 0.3 is 0 Å². The van der Waals surface area contributed by atoms with Crippen molar-refractivity contribution in [2.24, 2.45) is 14.1 Å². The van der Waals surface area contributed by atoms with E-state index in [2.05, 4.69) is 33.2 Å². The SMILES string of the molecule is Cn1ccnc1CCCCCCCCCc1nccn1C. The molecule has 0 spiro atoms. The van der Waals surface area contributed by atoms with E-state index < -0.39 is 0 Å². The average molecular weight is 288 g/mol. The molecule has 0 amide bonds. The lowest BCUT2D eigenvalue weighted by Crippen LogP contribution is -1.97. The van der Waals surface area contributed by atoms with E-state index in [1.807, 2.05) is 24.8 Å². The van der Waals surface area contributed by atoms with Crippen molar-refractivity contribution in [2.75, 3.05) is 0 Å². The van der Waals surface area contributed by atoms with E-state index in [-0.39, 0.29) is 0 Å². The van der Waals surface area contributed by atoms with Gasteiger partial charge in [0.15, 0.2) is 0 Å². The Balaban J connectivity index is 1.42. The maximum atomic E-state index is 4.36. The lowest BCUT2D eigenvalue weighted by molar-refractivity contribution is 0.566. The minimum atomic E-state index is 1.11. The quantitative estimate of drug-likeness (QED) is 0.625. The van der Waals surface area contributed by atoms with E-state index in [1.165, 1.54) is 56.6 Å². The molecule has 2 rings (SSSR count). The van der Waals surface area contributed by atoms with Gasteiger partial charge in [-0.2, -0.15) is 0 Å². The van der Waals surface area contributed by atoms with E-state index >= 15 is 0 Å². The first-order chi connectivity index (χ1) is 10.3.